The summed E-state index contributed by atoms with van der Waals surface area (Å²) >= 11 is 1.97. The van der Waals surface area contributed by atoms with Gasteiger partial charge in [-0.15, -0.1) is 0 Å². The Bertz CT molecular complexity index is 2870. The zero-order valence-electron chi connectivity index (χ0n) is 26.7. The largest absolute Gasteiger partial charge is 0.371 e. The monoisotopic (exact) mass is 645 g/mol. The molecule has 3 heterocycles. The second kappa shape index (κ2) is 10.4. The molecule has 1 aliphatic carbocycles. The lowest BCUT2D eigenvalue weighted by Crippen LogP contribution is -2.21. The molecule has 1 aliphatic heterocycles. The minimum absolute atomic E-state index is 0.345. The van der Waals surface area contributed by atoms with E-state index in [9.17, 15) is 0 Å². The first-order valence-corrected chi connectivity index (χ1v) is 18.0. The summed E-state index contributed by atoms with van der Waals surface area (Å²) in [6, 6.07) is 49.4. The molecule has 9 aromatic rings. The molecule has 4 heteroatoms. The number of rotatable bonds is 3. The van der Waals surface area contributed by atoms with E-state index in [0.717, 1.165) is 6.42 Å². The molecule has 2 atom stereocenters. The van der Waals surface area contributed by atoms with Gasteiger partial charge in [0.2, 0.25) is 0 Å². The van der Waals surface area contributed by atoms with Gasteiger partial charge in [0.15, 0.2) is 0 Å². The molecule has 0 saturated heterocycles. The number of anilines is 1. The SMILES string of the molecule is C1=CCC(C2Nc3c(ccc4ccc5cc(-n6c7ccccc7c7cc8c9ccccc9n(-c9ccccc9)c8cc76)ccc5c34)S2)C=C1. The van der Waals surface area contributed by atoms with E-state index in [0.29, 0.717) is 11.3 Å². The van der Waals surface area contributed by atoms with Crippen molar-refractivity contribution in [3.05, 3.63) is 158 Å². The second-order valence-electron chi connectivity index (χ2n) is 13.3. The highest BCUT2D eigenvalue weighted by Gasteiger charge is 2.29. The Morgan fingerprint density at radius 2 is 1.22 bits per heavy atom. The van der Waals surface area contributed by atoms with Crippen LogP contribution in [0.3, 0.4) is 0 Å². The van der Waals surface area contributed by atoms with Gasteiger partial charge in [0.1, 0.15) is 0 Å². The molecule has 49 heavy (non-hydrogen) atoms. The number of fused-ring (bicyclic) bond motifs is 11. The van der Waals surface area contributed by atoms with E-state index in [2.05, 4.69) is 172 Å². The highest BCUT2D eigenvalue weighted by molar-refractivity contribution is 8.00. The number of nitrogens with zero attached hydrogens (tertiary/aromatic N) is 2. The third kappa shape index (κ3) is 3.98. The molecule has 3 nitrogen and oxygen atoms in total. The van der Waals surface area contributed by atoms with Crippen molar-refractivity contribution in [2.75, 3.05) is 5.32 Å². The topological polar surface area (TPSA) is 21.9 Å². The fraction of sp³-hybridized carbons (Fsp3) is 0.0667. The molecular weight excluding hydrogens is 615 g/mol. The van der Waals surface area contributed by atoms with Crippen LogP contribution in [0.2, 0.25) is 0 Å². The maximum absolute atomic E-state index is 3.95. The summed E-state index contributed by atoms with van der Waals surface area (Å²) in [7, 11) is 0. The van der Waals surface area contributed by atoms with E-state index in [1.165, 1.54) is 87.1 Å². The molecule has 0 saturated carbocycles. The van der Waals surface area contributed by atoms with E-state index >= 15 is 0 Å². The molecule has 2 unspecified atom stereocenters. The lowest BCUT2D eigenvalue weighted by Gasteiger charge is -2.20. The molecule has 2 aliphatic rings. The summed E-state index contributed by atoms with van der Waals surface area (Å²) in [5, 5.41) is 14.5. The molecule has 11 rings (SSSR count). The molecule has 0 amide bonds. The van der Waals surface area contributed by atoms with E-state index in [1.54, 1.807) is 0 Å². The zero-order chi connectivity index (χ0) is 32.1. The van der Waals surface area contributed by atoms with Crippen molar-refractivity contribution >= 4 is 82.6 Å². The lowest BCUT2D eigenvalue weighted by atomic mass is 9.98. The van der Waals surface area contributed by atoms with Gasteiger partial charge in [-0.05, 0) is 77.2 Å². The van der Waals surface area contributed by atoms with Gasteiger partial charge in [0, 0.05) is 49.1 Å². The number of para-hydroxylation sites is 3. The minimum atomic E-state index is 0.345. The number of benzene rings is 7. The summed E-state index contributed by atoms with van der Waals surface area (Å²) in [5.74, 6) is 0.487. The van der Waals surface area contributed by atoms with Crippen molar-refractivity contribution in [2.24, 2.45) is 5.92 Å². The van der Waals surface area contributed by atoms with Gasteiger partial charge in [-0.25, -0.2) is 0 Å². The predicted octanol–water partition coefficient (Wildman–Crippen LogP) is 12.2. The van der Waals surface area contributed by atoms with Crippen molar-refractivity contribution < 1.29 is 0 Å². The third-order valence-corrected chi connectivity index (χ3v) is 11.9. The van der Waals surface area contributed by atoms with Crippen molar-refractivity contribution in [1.29, 1.82) is 0 Å². The Kier molecular flexibility index (Phi) is 5.78. The van der Waals surface area contributed by atoms with Crippen molar-refractivity contribution in [1.82, 2.24) is 9.13 Å². The summed E-state index contributed by atoms with van der Waals surface area (Å²) in [6.45, 7) is 0. The molecule has 7 aromatic carbocycles. The van der Waals surface area contributed by atoms with Gasteiger partial charge in [0.25, 0.3) is 0 Å². The van der Waals surface area contributed by atoms with E-state index in [1.807, 2.05) is 11.8 Å². The molecule has 2 aromatic heterocycles. The Morgan fingerprint density at radius 1 is 0.531 bits per heavy atom. The first-order valence-electron chi connectivity index (χ1n) is 17.1. The maximum atomic E-state index is 3.95. The smallest absolute Gasteiger partial charge is 0.0836 e. The maximum Gasteiger partial charge on any atom is 0.0836 e. The second-order valence-corrected chi connectivity index (χ2v) is 14.5. The lowest BCUT2D eigenvalue weighted by molar-refractivity contribution is 0.662. The molecule has 0 fully saturated rings. The number of nitrogens with one attached hydrogen (secondary N) is 1. The van der Waals surface area contributed by atoms with Crippen LogP contribution in [-0.2, 0) is 0 Å². The molecular formula is C45H31N3S. The Labute approximate surface area is 287 Å². The first-order chi connectivity index (χ1) is 24.3. The summed E-state index contributed by atoms with van der Waals surface area (Å²) in [5.41, 5.74) is 8.50. The number of allylic oxidation sites excluding steroid dienone is 3. The van der Waals surface area contributed by atoms with Crippen LogP contribution in [0, 0.1) is 5.92 Å². The van der Waals surface area contributed by atoms with Crippen molar-refractivity contribution in [3.8, 4) is 11.4 Å². The number of thioether (sulfide) groups is 1. The normalized spacial score (nSPS) is 17.2. The van der Waals surface area contributed by atoms with Gasteiger partial charge in [-0.3, -0.25) is 0 Å². The average molecular weight is 646 g/mol. The molecule has 0 spiro atoms. The Hall–Kier alpha value is -5.71. The van der Waals surface area contributed by atoms with E-state index < -0.39 is 0 Å². The van der Waals surface area contributed by atoms with Crippen LogP contribution < -0.4 is 5.32 Å². The van der Waals surface area contributed by atoms with E-state index in [-0.39, 0.29) is 0 Å². The van der Waals surface area contributed by atoms with Crippen LogP contribution in [0.25, 0.3) is 76.5 Å². The van der Waals surface area contributed by atoms with Crippen LogP contribution in [0.5, 0.6) is 0 Å². The van der Waals surface area contributed by atoms with Crippen molar-refractivity contribution in [3.63, 3.8) is 0 Å². The number of hydrogen-bond donors (Lipinski definition) is 1. The van der Waals surface area contributed by atoms with Crippen LogP contribution in [0.15, 0.2) is 163 Å². The van der Waals surface area contributed by atoms with Crippen LogP contribution in [0.1, 0.15) is 6.42 Å². The fourth-order valence-electron chi connectivity index (χ4n) is 8.40. The quantitative estimate of drug-likeness (QED) is 0.193. The van der Waals surface area contributed by atoms with Crippen LogP contribution in [-0.4, -0.2) is 14.5 Å². The molecule has 0 bridgehead atoms. The van der Waals surface area contributed by atoms with Gasteiger partial charge in [0.05, 0.1) is 33.1 Å². The first kappa shape index (κ1) is 27.3. The zero-order valence-corrected chi connectivity index (χ0v) is 27.5. The Balaban J connectivity index is 1.14. The summed E-state index contributed by atoms with van der Waals surface area (Å²) in [6.07, 6.45) is 10.1. The number of hydrogen-bond acceptors (Lipinski definition) is 2. The fourth-order valence-corrected chi connectivity index (χ4v) is 9.65. The van der Waals surface area contributed by atoms with Crippen LogP contribution in [0.4, 0.5) is 5.69 Å². The van der Waals surface area contributed by atoms with Crippen LogP contribution >= 0.6 is 11.8 Å². The highest BCUT2D eigenvalue weighted by atomic mass is 32.2. The van der Waals surface area contributed by atoms with Crippen molar-refractivity contribution in [2.45, 2.75) is 16.7 Å². The number of aromatic nitrogens is 2. The summed E-state index contributed by atoms with van der Waals surface area (Å²) in [4.78, 5) is 1.34. The third-order valence-electron chi connectivity index (χ3n) is 10.6. The average Bonchev–Trinajstić information content (AvgIpc) is 3.84. The van der Waals surface area contributed by atoms with Gasteiger partial charge >= 0.3 is 0 Å². The van der Waals surface area contributed by atoms with Gasteiger partial charge < -0.3 is 14.5 Å². The Morgan fingerprint density at radius 3 is 1.98 bits per heavy atom. The standard InChI is InChI=1S/C45H31N3S/c1-3-11-29(12-4-1)45-46-44-42(49-45)24-21-28-19-20-30-25-32(22-23-33(30)43(28)44)48-39-18-10-8-16-35(39)37-26-36-34-15-7-9-17-38(34)47(40(36)27-41(37)48)31-13-5-2-6-14-31/h1-11,13-27,29,45-46H,12H2. The molecule has 232 valence electrons. The van der Waals surface area contributed by atoms with E-state index in [4.69, 9.17) is 0 Å². The molecule has 0 radical (unpaired) electrons. The molecule has 1 N–H and O–H groups in total. The predicted molar refractivity (Wildman–Crippen MR) is 210 cm³/mol. The van der Waals surface area contributed by atoms with Gasteiger partial charge in [-0.2, -0.15) is 0 Å². The van der Waals surface area contributed by atoms with Gasteiger partial charge in [-0.1, -0.05) is 115 Å². The minimum Gasteiger partial charge on any atom is -0.371 e. The summed E-state index contributed by atoms with van der Waals surface area (Å²) < 4.78 is 4.88. The highest BCUT2D eigenvalue weighted by Crippen LogP contribution is 2.48.